The van der Waals surface area contributed by atoms with Gasteiger partial charge in [0, 0.05) is 12.2 Å². The Bertz CT molecular complexity index is 794. The first-order chi connectivity index (χ1) is 12.0. The van der Waals surface area contributed by atoms with Crippen LogP contribution in [0.3, 0.4) is 0 Å². The molecule has 1 atom stereocenters. The Hall–Kier alpha value is -2.73. The lowest BCUT2D eigenvalue weighted by Crippen LogP contribution is -2.50. The molecule has 1 heterocycles. The smallest absolute Gasteiger partial charge is 0.254 e. The highest BCUT2D eigenvalue weighted by Gasteiger charge is 2.28. The van der Waals surface area contributed by atoms with Crippen LogP contribution in [0.15, 0.2) is 48.5 Å². The van der Waals surface area contributed by atoms with Crippen LogP contribution in [0, 0.1) is 12.7 Å². The number of anilines is 1. The van der Waals surface area contributed by atoms with E-state index in [1.807, 2.05) is 31.2 Å². The molecule has 130 valence electrons. The number of ether oxygens (including phenoxy) is 1. The lowest BCUT2D eigenvalue weighted by molar-refractivity contribution is -0.129. The Kier molecular flexibility index (Phi) is 5.09. The second kappa shape index (κ2) is 7.44. The molecule has 0 spiro atoms. The van der Waals surface area contributed by atoms with Crippen molar-refractivity contribution in [2.75, 3.05) is 24.6 Å². The minimum absolute atomic E-state index is 0.00933. The summed E-state index contributed by atoms with van der Waals surface area (Å²) in [5.41, 5.74) is 1.85. The Labute approximate surface area is 145 Å². The van der Waals surface area contributed by atoms with Crippen LogP contribution < -0.4 is 10.2 Å². The number of hydrogen-bond donors (Lipinski definition) is 1. The standard InChI is InChI=1S/C19H19FN2O3/c1-13-5-4-6-14(9-13)22-11-15(25-12-18(22)23)10-21-19(24)16-7-2-3-8-17(16)20/h2-9,15H,10-12H2,1H3,(H,21,24). The second-order valence-corrected chi connectivity index (χ2v) is 5.97. The first-order valence-electron chi connectivity index (χ1n) is 8.06. The molecule has 0 aromatic heterocycles. The number of nitrogens with zero attached hydrogens (tertiary/aromatic N) is 1. The van der Waals surface area contributed by atoms with Gasteiger partial charge in [-0.05, 0) is 36.8 Å². The maximum absolute atomic E-state index is 13.6. The van der Waals surface area contributed by atoms with Crippen molar-refractivity contribution in [2.24, 2.45) is 0 Å². The zero-order chi connectivity index (χ0) is 17.8. The fourth-order valence-electron chi connectivity index (χ4n) is 2.74. The van der Waals surface area contributed by atoms with Crippen LogP contribution in [-0.4, -0.2) is 37.6 Å². The molecule has 6 heteroatoms. The monoisotopic (exact) mass is 342 g/mol. The average Bonchev–Trinajstić information content (AvgIpc) is 2.61. The number of benzene rings is 2. The fourth-order valence-corrected chi connectivity index (χ4v) is 2.74. The van der Waals surface area contributed by atoms with E-state index in [0.29, 0.717) is 6.54 Å². The Morgan fingerprint density at radius 2 is 2.08 bits per heavy atom. The van der Waals surface area contributed by atoms with Crippen LogP contribution in [0.4, 0.5) is 10.1 Å². The lowest BCUT2D eigenvalue weighted by atomic mass is 10.1. The van der Waals surface area contributed by atoms with E-state index in [4.69, 9.17) is 4.74 Å². The molecule has 1 aliphatic heterocycles. The third-order valence-corrected chi connectivity index (χ3v) is 4.05. The quantitative estimate of drug-likeness (QED) is 0.927. The third kappa shape index (κ3) is 4.03. The van der Waals surface area contributed by atoms with Gasteiger partial charge in [0.1, 0.15) is 12.4 Å². The topological polar surface area (TPSA) is 58.6 Å². The molecule has 2 aromatic carbocycles. The molecule has 0 aliphatic carbocycles. The van der Waals surface area contributed by atoms with Crippen LogP contribution in [0.1, 0.15) is 15.9 Å². The van der Waals surface area contributed by atoms with Gasteiger partial charge in [-0.25, -0.2) is 4.39 Å². The van der Waals surface area contributed by atoms with Crippen molar-refractivity contribution in [1.82, 2.24) is 5.32 Å². The van der Waals surface area contributed by atoms with E-state index in [2.05, 4.69) is 5.32 Å². The summed E-state index contributed by atoms with van der Waals surface area (Å²) in [6, 6.07) is 13.4. The third-order valence-electron chi connectivity index (χ3n) is 4.05. The number of halogens is 1. The summed E-state index contributed by atoms with van der Waals surface area (Å²) >= 11 is 0. The maximum Gasteiger partial charge on any atom is 0.254 e. The zero-order valence-electron chi connectivity index (χ0n) is 13.9. The molecular weight excluding hydrogens is 323 g/mol. The zero-order valence-corrected chi connectivity index (χ0v) is 13.9. The van der Waals surface area contributed by atoms with Crippen molar-refractivity contribution < 1.29 is 18.7 Å². The van der Waals surface area contributed by atoms with Gasteiger partial charge in [0.15, 0.2) is 0 Å². The van der Waals surface area contributed by atoms with Gasteiger partial charge in [0.25, 0.3) is 11.8 Å². The summed E-state index contributed by atoms with van der Waals surface area (Å²) in [4.78, 5) is 25.9. The van der Waals surface area contributed by atoms with E-state index in [0.717, 1.165) is 11.3 Å². The normalized spacial score (nSPS) is 17.4. The molecule has 1 unspecified atom stereocenters. The van der Waals surface area contributed by atoms with Crippen molar-refractivity contribution in [2.45, 2.75) is 13.0 Å². The molecule has 0 radical (unpaired) electrons. The fraction of sp³-hybridized carbons (Fsp3) is 0.263. The van der Waals surface area contributed by atoms with E-state index < -0.39 is 11.7 Å². The van der Waals surface area contributed by atoms with E-state index in [9.17, 15) is 14.0 Å². The Morgan fingerprint density at radius 3 is 2.84 bits per heavy atom. The molecule has 1 fully saturated rings. The molecule has 1 N–H and O–H groups in total. The molecule has 1 saturated heterocycles. The van der Waals surface area contributed by atoms with E-state index in [1.54, 1.807) is 11.0 Å². The summed E-state index contributed by atoms with van der Waals surface area (Å²) < 4.78 is 19.1. The highest BCUT2D eigenvalue weighted by Crippen LogP contribution is 2.19. The van der Waals surface area contributed by atoms with Gasteiger partial charge < -0.3 is 15.0 Å². The van der Waals surface area contributed by atoms with Gasteiger partial charge in [0.05, 0.1) is 18.2 Å². The number of rotatable bonds is 4. The SMILES string of the molecule is Cc1cccc(N2CC(CNC(=O)c3ccccc3F)OCC2=O)c1. The van der Waals surface area contributed by atoms with Crippen LogP contribution in [-0.2, 0) is 9.53 Å². The largest absolute Gasteiger partial charge is 0.365 e. The van der Waals surface area contributed by atoms with Crippen molar-refractivity contribution in [3.05, 3.63) is 65.5 Å². The first kappa shape index (κ1) is 17.1. The minimum atomic E-state index is -0.568. The van der Waals surface area contributed by atoms with E-state index in [-0.39, 0.29) is 30.7 Å². The van der Waals surface area contributed by atoms with Crippen molar-refractivity contribution in [3.8, 4) is 0 Å². The van der Waals surface area contributed by atoms with Gasteiger partial charge in [-0.1, -0.05) is 24.3 Å². The van der Waals surface area contributed by atoms with Crippen molar-refractivity contribution >= 4 is 17.5 Å². The number of carbonyl (C=O) groups excluding carboxylic acids is 2. The summed E-state index contributed by atoms with van der Waals surface area (Å²) in [7, 11) is 0. The van der Waals surface area contributed by atoms with Crippen LogP contribution in [0.2, 0.25) is 0 Å². The second-order valence-electron chi connectivity index (χ2n) is 5.97. The molecule has 2 amide bonds. The molecule has 5 nitrogen and oxygen atoms in total. The molecule has 2 aromatic rings. The molecule has 3 rings (SSSR count). The summed E-state index contributed by atoms with van der Waals surface area (Å²) in [5.74, 6) is -1.19. The predicted octanol–water partition coefficient (Wildman–Crippen LogP) is 2.30. The molecular formula is C19H19FN2O3. The number of hydrogen-bond acceptors (Lipinski definition) is 3. The van der Waals surface area contributed by atoms with Crippen LogP contribution >= 0.6 is 0 Å². The lowest BCUT2D eigenvalue weighted by Gasteiger charge is -2.33. The highest BCUT2D eigenvalue weighted by atomic mass is 19.1. The van der Waals surface area contributed by atoms with Gasteiger partial charge in [0.2, 0.25) is 0 Å². The number of amides is 2. The van der Waals surface area contributed by atoms with Gasteiger partial charge >= 0.3 is 0 Å². The Balaban J connectivity index is 1.63. The summed E-state index contributed by atoms with van der Waals surface area (Å²) in [5, 5.41) is 2.67. The number of nitrogens with one attached hydrogen (secondary N) is 1. The Morgan fingerprint density at radius 1 is 1.28 bits per heavy atom. The average molecular weight is 342 g/mol. The van der Waals surface area contributed by atoms with E-state index in [1.165, 1.54) is 18.2 Å². The summed E-state index contributed by atoms with van der Waals surface area (Å²) in [6.45, 7) is 2.44. The van der Waals surface area contributed by atoms with Gasteiger partial charge in [-0.2, -0.15) is 0 Å². The summed E-state index contributed by atoms with van der Waals surface area (Å²) in [6.07, 6.45) is -0.353. The first-order valence-corrected chi connectivity index (χ1v) is 8.06. The predicted molar refractivity (Wildman–Crippen MR) is 92.0 cm³/mol. The minimum Gasteiger partial charge on any atom is -0.365 e. The maximum atomic E-state index is 13.6. The van der Waals surface area contributed by atoms with Crippen molar-refractivity contribution in [3.63, 3.8) is 0 Å². The number of morpholine rings is 1. The molecule has 25 heavy (non-hydrogen) atoms. The number of carbonyl (C=O) groups is 2. The molecule has 1 aliphatic rings. The van der Waals surface area contributed by atoms with Gasteiger partial charge in [-0.15, -0.1) is 0 Å². The van der Waals surface area contributed by atoms with Crippen molar-refractivity contribution in [1.29, 1.82) is 0 Å². The van der Waals surface area contributed by atoms with Gasteiger partial charge in [-0.3, -0.25) is 9.59 Å². The highest BCUT2D eigenvalue weighted by molar-refractivity contribution is 5.95. The van der Waals surface area contributed by atoms with E-state index >= 15 is 0 Å². The number of aryl methyl sites for hydroxylation is 1. The molecule has 0 bridgehead atoms. The van der Waals surface area contributed by atoms with Crippen LogP contribution in [0.5, 0.6) is 0 Å². The van der Waals surface area contributed by atoms with Crippen LogP contribution in [0.25, 0.3) is 0 Å². The molecule has 0 saturated carbocycles.